The van der Waals surface area contributed by atoms with Crippen LogP contribution in [0, 0.1) is 18.6 Å². The molecule has 2 atom stereocenters. The third-order valence-corrected chi connectivity index (χ3v) is 9.57. The highest BCUT2D eigenvalue weighted by atomic mass is 19.4. The molecule has 18 heteroatoms. The van der Waals surface area contributed by atoms with E-state index in [2.05, 4.69) is 15.3 Å². The first-order valence-corrected chi connectivity index (χ1v) is 16.7. The molecule has 6 aromatic rings. The van der Waals surface area contributed by atoms with Crippen molar-refractivity contribution in [3.63, 3.8) is 0 Å². The van der Waals surface area contributed by atoms with E-state index < -0.39 is 65.2 Å². The Morgan fingerprint density at radius 1 is 1.04 bits per heavy atom. The van der Waals surface area contributed by atoms with Gasteiger partial charge in [-0.1, -0.05) is 12.1 Å². The van der Waals surface area contributed by atoms with Crippen LogP contribution in [0.4, 0.5) is 27.6 Å². The summed E-state index contributed by atoms with van der Waals surface area (Å²) in [5, 5.41) is 12.6. The van der Waals surface area contributed by atoms with E-state index in [0.717, 1.165) is 21.6 Å². The number of benzene rings is 3. The molecule has 3 aromatic carbocycles. The molecule has 4 heterocycles. The molecule has 1 aliphatic heterocycles. The molecule has 0 saturated carbocycles. The van der Waals surface area contributed by atoms with Gasteiger partial charge in [-0.05, 0) is 54.4 Å². The number of ether oxygens (including phenoxy) is 1. The van der Waals surface area contributed by atoms with Crippen molar-refractivity contribution in [1.82, 2.24) is 29.0 Å². The maximum atomic E-state index is 15.5. The van der Waals surface area contributed by atoms with E-state index in [0.29, 0.717) is 10.9 Å². The van der Waals surface area contributed by atoms with Crippen LogP contribution in [0.25, 0.3) is 33.2 Å². The number of imidazole rings is 1. The molecule has 13 nitrogen and oxygen atoms in total. The summed E-state index contributed by atoms with van der Waals surface area (Å²) < 4.78 is 80.2. The number of aliphatic carboxylic acids is 1. The summed E-state index contributed by atoms with van der Waals surface area (Å²) >= 11 is 0. The average Bonchev–Trinajstić information content (AvgIpc) is 3.68. The number of carbonyl (C=O) groups excluding carboxylic acids is 1. The minimum Gasteiger partial charge on any atom is -0.480 e. The first-order chi connectivity index (χ1) is 26.1. The topological polar surface area (TPSA) is 154 Å². The van der Waals surface area contributed by atoms with Gasteiger partial charge in [-0.2, -0.15) is 13.2 Å². The van der Waals surface area contributed by atoms with Crippen molar-refractivity contribution in [2.45, 2.75) is 31.6 Å². The van der Waals surface area contributed by atoms with Crippen molar-refractivity contribution < 1.29 is 41.4 Å². The number of nitrogens with zero attached hydrogens (tertiary/aromatic N) is 6. The predicted octanol–water partition coefficient (Wildman–Crippen LogP) is 4.20. The number of carbonyl (C=O) groups is 2. The molecule has 0 spiro atoms. The van der Waals surface area contributed by atoms with Crippen LogP contribution >= 0.6 is 0 Å². The van der Waals surface area contributed by atoms with Crippen molar-refractivity contribution in [3.05, 3.63) is 123 Å². The molecule has 1 amide bonds. The number of halogens is 5. The molecule has 7 rings (SSSR count). The van der Waals surface area contributed by atoms with Crippen LogP contribution < -0.4 is 21.5 Å². The van der Waals surface area contributed by atoms with Crippen LogP contribution in [0.3, 0.4) is 0 Å². The zero-order valence-corrected chi connectivity index (χ0v) is 29.0. The molecule has 3 aromatic heterocycles. The first-order valence-electron chi connectivity index (χ1n) is 16.7. The number of hydrogen-bond donors (Lipinski definition) is 2. The monoisotopic (exact) mass is 763 g/mol. The number of alkyl halides is 3. The zero-order chi connectivity index (χ0) is 39.3. The van der Waals surface area contributed by atoms with Crippen LogP contribution in [-0.2, 0) is 23.0 Å². The Hall–Kier alpha value is -6.43. The van der Waals surface area contributed by atoms with E-state index >= 15 is 8.78 Å². The molecule has 0 aliphatic carbocycles. The van der Waals surface area contributed by atoms with Crippen LogP contribution in [0.2, 0.25) is 0 Å². The van der Waals surface area contributed by atoms with Crippen molar-refractivity contribution >= 4 is 39.4 Å². The van der Waals surface area contributed by atoms with Gasteiger partial charge in [0, 0.05) is 49.7 Å². The molecule has 0 bridgehead atoms. The second-order valence-corrected chi connectivity index (χ2v) is 12.9. The number of nitrogens with one attached hydrogen (secondary N) is 1. The van der Waals surface area contributed by atoms with E-state index in [9.17, 15) is 37.5 Å². The van der Waals surface area contributed by atoms with Gasteiger partial charge in [-0.3, -0.25) is 19.1 Å². The van der Waals surface area contributed by atoms with Gasteiger partial charge in [0.1, 0.15) is 23.7 Å². The molecule has 2 N–H and O–H groups in total. The Bertz CT molecular complexity index is 2600. The zero-order valence-electron chi connectivity index (χ0n) is 29.0. The number of aryl methyl sites for hydroxylation is 2. The Balaban J connectivity index is 1.21. The summed E-state index contributed by atoms with van der Waals surface area (Å²) in [6.07, 6.45) is 0.676. The number of fused-ring (bicyclic) bond motifs is 2. The average molecular weight is 764 g/mol. The second-order valence-electron chi connectivity index (χ2n) is 12.9. The number of carboxylic acids is 1. The number of pyridine rings is 1. The first kappa shape index (κ1) is 36.9. The molecule has 55 heavy (non-hydrogen) atoms. The van der Waals surface area contributed by atoms with E-state index in [1.165, 1.54) is 78.4 Å². The maximum Gasteiger partial charge on any atom is 0.411 e. The number of morpholine rings is 1. The Labute approximate surface area is 306 Å². The summed E-state index contributed by atoms with van der Waals surface area (Å²) in [6.45, 7) is 0.477. The third kappa shape index (κ3) is 6.68. The lowest BCUT2D eigenvalue weighted by Crippen LogP contribution is -2.53. The maximum absolute atomic E-state index is 15.5. The number of rotatable bonds is 8. The number of carboxylic acid groups (broad SMARTS) is 1. The fourth-order valence-corrected chi connectivity index (χ4v) is 6.86. The van der Waals surface area contributed by atoms with Crippen LogP contribution in [0.15, 0.2) is 83.0 Å². The van der Waals surface area contributed by atoms with Crippen molar-refractivity contribution in [1.29, 1.82) is 0 Å². The molecule has 0 radical (unpaired) electrons. The van der Waals surface area contributed by atoms with Gasteiger partial charge in [0.15, 0.2) is 0 Å². The van der Waals surface area contributed by atoms with Crippen molar-refractivity contribution in [2.24, 2.45) is 7.05 Å². The van der Waals surface area contributed by atoms with Gasteiger partial charge >= 0.3 is 17.8 Å². The summed E-state index contributed by atoms with van der Waals surface area (Å²) in [7, 11) is 1.42. The molecule has 1 saturated heterocycles. The van der Waals surface area contributed by atoms with E-state index in [1.807, 2.05) is 0 Å². The van der Waals surface area contributed by atoms with E-state index in [4.69, 9.17) is 4.74 Å². The fraction of sp³-hybridized carbons (Fsp3) is 0.243. The standard InChI is InChI=1S/C37H30F5N7O6/c1-19-12-21(48-10-11-55-17-30(48)37(40,41)42)14-25(39)31(19)33(50)45-26(35(52)53)13-20-5-6-27(32-22(20)4-3-7-44-32)49-34(51)23-15-24(38)29(47-9-8-43-18-47)16-28(23)46(2)36(49)54/h3-9,12,14-16,18,26,30H,10-11,13,17H2,1-2H3,(H,45,50)(H,52,53)/t26-,30+/m0/s1. The molecular weight excluding hydrogens is 733 g/mol. The highest BCUT2D eigenvalue weighted by Crippen LogP contribution is 2.33. The lowest BCUT2D eigenvalue weighted by molar-refractivity contribution is -0.167. The van der Waals surface area contributed by atoms with E-state index in [1.54, 1.807) is 6.07 Å². The van der Waals surface area contributed by atoms with Crippen LogP contribution in [0.5, 0.6) is 0 Å². The van der Waals surface area contributed by atoms with Gasteiger partial charge in [-0.15, -0.1) is 0 Å². The van der Waals surface area contributed by atoms with E-state index in [-0.39, 0.29) is 58.6 Å². The highest BCUT2D eigenvalue weighted by Gasteiger charge is 2.45. The minimum absolute atomic E-state index is 0.0210. The summed E-state index contributed by atoms with van der Waals surface area (Å²) in [4.78, 5) is 62.7. The van der Waals surface area contributed by atoms with Gasteiger partial charge in [0.05, 0.1) is 52.9 Å². The second kappa shape index (κ2) is 14.1. The molecular formula is C37H30F5N7O6. The Morgan fingerprint density at radius 2 is 1.82 bits per heavy atom. The van der Waals surface area contributed by atoms with Gasteiger partial charge in [-0.25, -0.2) is 27.9 Å². The predicted molar refractivity (Wildman–Crippen MR) is 189 cm³/mol. The number of aromatic nitrogens is 5. The molecule has 1 aliphatic rings. The lowest BCUT2D eigenvalue weighted by Gasteiger charge is -2.38. The Morgan fingerprint density at radius 3 is 2.51 bits per heavy atom. The minimum atomic E-state index is -4.67. The summed E-state index contributed by atoms with van der Waals surface area (Å²) in [6, 6.07) is 6.65. The number of hydrogen-bond acceptors (Lipinski definition) is 8. The van der Waals surface area contributed by atoms with Gasteiger partial charge in [0.25, 0.3) is 11.5 Å². The largest absolute Gasteiger partial charge is 0.480 e. The highest BCUT2D eigenvalue weighted by molar-refractivity contribution is 5.99. The fourth-order valence-electron chi connectivity index (χ4n) is 6.86. The quantitative estimate of drug-likeness (QED) is 0.217. The third-order valence-electron chi connectivity index (χ3n) is 9.57. The summed E-state index contributed by atoms with van der Waals surface area (Å²) in [5.74, 6) is -4.49. The van der Waals surface area contributed by atoms with Crippen molar-refractivity contribution in [2.75, 3.05) is 24.7 Å². The normalized spacial score (nSPS) is 15.4. The van der Waals surface area contributed by atoms with Crippen LogP contribution in [0.1, 0.15) is 21.5 Å². The smallest absolute Gasteiger partial charge is 0.411 e. The Kier molecular flexibility index (Phi) is 9.46. The SMILES string of the molecule is Cc1cc(N2CCOC[C@@H]2C(F)(F)F)cc(F)c1C(=O)N[C@@H](Cc1ccc(-n2c(=O)c3cc(F)c(-n4ccnc4)cc3n(C)c2=O)c2ncccc12)C(=O)O. The number of anilines is 1. The lowest BCUT2D eigenvalue weighted by atomic mass is 9.99. The summed E-state index contributed by atoms with van der Waals surface area (Å²) in [5.41, 5.74) is -1.63. The van der Waals surface area contributed by atoms with Crippen LogP contribution in [-0.4, -0.2) is 78.7 Å². The molecule has 284 valence electrons. The molecule has 0 unspecified atom stereocenters. The van der Waals surface area contributed by atoms with Gasteiger partial charge in [0.2, 0.25) is 0 Å². The van der Waals surface area contributed by atoms with Crippen molar-refractivity contribution in [3.8, 4) is 11.4 Å². The van der Waals surface area contributed by atoms with Gasteiger partial charge < -0.3 is 24.6 Å². The number of amides is 1. The molecule has 1 fully saturated rings.